The van der Waals surface area contributed by atoms with Crippen molar-refractivity contribution in [1.82, 2.24) is 4.90 Å². The van der Waals surface area contributed by atoms with E-state index in [2.05, 4.69) is 12.6 Å². The van der Waals surface area contributed by atoms with Crippen LogP contribution in [0.5, 0.6) is 0 Å². The van der Waals surface area contributed by atoms with Crippen molar-refractivity contribution in [2.75, 3.05) is 18.8 Å². The van der Waals surface area contributed by atoms with Crippen LogP contribution < -0.4 is 0 Å². The van der Waals surface area contributed by atoms with Gasteiger partial charge < -0.3 is 14.7 Å². The highest BCUT2D eigenvalue weighted by Crippen LogP contribution is 2.23. The average Bonchev–Trinajstić information content (AvgIpc) is 2.15. The van der Waals surface area contributed by atoms with Gasteiger partial charge in [0.05, 0.1) is 12.1 Å². The summed E-state index contributed by atoms with van der Waals surface area (Å²) < 4.78 is 5.27. The van der Waals surface area contributed by atoms with Crippen molar-refractivity contribution in [3.63, 3.8) is 0 Å². The van der Waals surface area contributed by atoms with Crippen LogP contribution in [0.3, 0.4) is 0 Å². The van der Waals surface area contributed by atoms with Crippen LogP contribution in [-0.4, -0.2) is 46.1 Å². The van der Waals surface area contributed by atoms with Gasteiger partial charge in [0.1, 0.15) is 5.60 Å². The highest BCUT2D eigenvalue weighted by atomic mass is 32.1. The van der Waals surface area contributed by atoms with Crippen LogP contribution in [-0.2, 0) is 4.74 Å². The number of carbonyl (C=O) groups excluding carboxylic acids is 1. The first kappa shape index (κ1) is 13.6. The Labute approximate surface area is 102 Å². The van der Waals surface area contributed by atoms with E-state index in [1.54, 1.807) is 4.90 Å². The zero-order valence-corrected chi connectivity index (χ0v) is 11.1. The van der Waals surface area contributed by atoms with Crippen LogP contribution in [0.1, 0.15) is 33.6 Å². The molecule has 5 heteroatoms. The highest BCUT2D eigenvalue weighted by Gasteiger charge is 2.35. The van der Waals surface area contributed by atoms with Gasteiger partial charge in [0.25, 0.3) is 0 Å². The van der Waals surface area contributed by atoms with Crippen molar-refractivity contribution in [3.8, 4) is 0 Å². The first-order valence-electron chi connectivity index (χ1n) is 5.57. The standard InChI is InChI=1S/C11H21NO3S/c1-10(2,3)15-9(13)12-6-4-5-11(14,7-12)8-16/h14,16H,4-8H2,1-3H3. The topological polar surface area (TPSA) is 49.8 Å². The van der Waals surface area contributed by atoms with Crippen molar-refractivity contribution in [3.05, 3.63) is 0 Å². The summed E-state index contributed by atoms with van der Waals surface area (Å²) in [6.07, 6.45) is 1.12. The maximum absolute atomic E-state index is 11.8. The molecule has 1 heterocycles. The molecule has 0 aliphatic carbocycles. The fraction of sp³-hybridized carbons (Fsp3) is 0.909. The van der Waals surface area contributed by atoms with E-state index in [0.717, 1.165) is 6.42 Å². The summed E-state index contributed by atoms with van der Waals surface area (Å²) in [4.78, 5) is 13.3. The number of likely N-dealkylation sites (tertiary alicyclic amines) is 1. The molecule has 4 nitrogen and oxygen atoms in total. The Hall–Kier alpha value is -0.420. The maximum atomic E-state index is 11.8. The quantitative estimate of drug-likeness (QED) is 0.693. The lowest BCUT2D eigenvalue weighted by Gasteiger charge is -2.38. The minimum Gasteiger partial charge on any atom is -0.444 e. The maximum Gasteiger partial charge on any atom is 0.410 e. The molecule has 0 aromatic carbocycles. The summed E-state index contributed by atoms with van der Waals surface area (Å²) in [5.74, 6) is 0.367. The van der Waals surface area contributed by atoms with Gasteiger partial charge in [-0.15, -0.1) is 0 Å². The Bertz CT molecular complexity index is 264. The smallest absolute Gasteiger partial charge is 0.410 e. The Morgan fingerprint density at radius 2 is 2.19 bits per heavy atom. The Morgan fingerprint density at radius 1 is 1.56 bits per heavy atom. The monoisotopic (exact) mass is 247 g/mol. The van der Waals surface area contributed by atoms with E-state index in [4.69, 9.17) is 4.74 Å². The summed E-state index contributed by atoms with van der Waals surface area (Å²) in [6, 6.07) is 0. The number of carbonyl (C=O) groups is 1. The van der Waals surface area contributed by atoms with Gasteiger partial charge in [-0.3, -0.25) is 0 Å². The van der Waals surface area contributed by atoms with Gasteiger partial charge in [0, 0.05) is 12.3 Å². The molecule has 1 aliphatic rings. The van der Waals surface area contributed by atoms with Crippen LogP contribution in [0.2, 0.25) is 0 Å². The number of ether oxygens (including phenoxy) is 1. The van der Waals surface area contributed by atoms with Crippen LogP contribution in [0.25, 0.3) is 0 Å². The molecule has 1 atom stereocenters. The fourth-order valence-electron chi connectivity index (χ4n) is 1.72. The van der Waals surface area contributed by atoms with E-state index >= 15 is 0 Å². The molecule has 0 aromatic rings. The first-order valence-corrected chi connectivity index (χ1v) is 6.20. The minimum atomic E-state index is -0.863. The molecule has 0 radical (unpaired) electrons. The molecular formula is C11H21NO3S. The Morgan fingerprint density at radius 3 is 2.69 bits per heavy atom. The van der Waals surface area contributed by atoms with E-state index in [-0.39, 0.29) is 6.09 Å². The Kier molecular flexibility index (Phi) is 4.12. The third-order valence-corrected chi connectivity index (χ3v) is 3.09. The number of hydrogen-bond acceptors (Lipinski definition) is 4. The van der Waals surface area contributed by atoms with Crippen LogP contribution in [0, 0.1) is 0 Å². The lowest BCUT2D eigenvalue weighted by Crippen LogP contribution is -2.52. The number of thiol groups is 1. The van der Waals surface area contributed by atoms with Crippen molar-refractivity contribution < 1.29 is 14.6 Å². The normalized spacial score (nSPS) is 26.7. The predicted molar refractivity (Wildman–Crippen MR) is 65.8 cm³/mol. The molecular weight excluding hydrogens is 226 g/mol. The van der Waals surface area contributed by atoms with E-state index < -0.39 is 11.2 Å². The second-order valence-electron chi connectivity index (χ2n) is 5.39. The largest absolute Gasteiger partial charge is 0.444 e. The summed E-state index contributed by atoms with van der Waals surface area (Å²) in [5.41, 5.74) is -1.36. The molecule has 1 N–H and O–H groups in total. The summed E-state index contributed by atoms with van der Waals surface area (Å²) in [5, 5.41) is 10.1. The van der Waals surface area contributed by atoms with Gasteiger partial charge in [-0.25, -0.2) is 4.79 Å². The van der Waals surface area contributed by atoms with Gasteiger partial charge in [0.2, 0.25) is 0 Å². The van der Waals surface area contributed by atoms with Crippen LogP contribution in [0.15, 0.2) is 0 Å². The molecule has 0 spiro atoms. The van der Waals surface area contributed by atoms with Crippen LogP contribution in [0.4, 0.5) is 4.79 Å². The van der Waals surface area contributed by atoms with E-state index in [0.29, 0.717) is 25.3 Å². The van der Waals surface area contributed by atoms with Crippen molar-refractivity contribution in [2.45, 2.75) is 44.8 Å². The van der Waals surface area contributed by atoms with Gasteiger partial charge in [-0.2, -0.15) is 12.6 Å². The number of β-amino-alcohol motifs (C(OH)–C–C–N with tert-alkyl or cyclic N) is 1. The van der Waals surface area contributed by atoms with Crippen molar-refractivity contribution >= 4 is 18.7 Å². The van der Waals surface area contributed by atoms with Gasteiger partial charge in [-0.1, -0.05) is 0 Å². The lowest BCUT2D eigenvalue weighted by atomic mass is 9.95. The number of amides is 1. The molecule has 94 valence electrons. The molecule has 16 heavy (non-hydrogen) atoms. The molecule has 1 unspecified atom stereocenters. The minimum absolute atomic E-state index is 0.311. The molecule has 1 aliphatic heterocycles. The van der Waals surface area contributed by atoms with Gasteiger partial charge >= 0.3 is 6.09 Å². The zero-order valence-electron chi connectivity index (χ0n) is 10.2. The number of piperidine rings is 1. The molecule has 0 bridgehead atoms. The number of nitrogens with zero attached hydrogens (tertiary/aromatic N) is 1. The zero-order chi connectivity index (χ0) is 12.4. The number of rotatable bonds is 1. The number of hydrogen-bond donors (Lipinski definition) is 2. The molecule has 1 saturated heterocycles. The fourth-order valence-corrected chi connectivity index (χ4v) is 1.98. The summed E-state index contributed by atoms with van der Waals surface area (Å²) >= 11 is 4.12. The van der Waals surface area contributed by atoms with E-state index in [1.807, 2.05) is 20.8 Å². The van der Waals surface area contributed by atoms with Gasteiger partial charge in [0.15, 0.2) is 0 Å². The van der Waals surface area contributed by atoms with Crippen LogP contribution >= 0.6 is 12.6 Å². The third-order valence-electron chi connectivity index (χ3n) is 2.50. The van der Waals surface area contributed by atoms with E-state index in [9.17, 15) is 9.90 Å². The summed E-state index contributed by atoms with van der Waals surface area (Å²) in [6.45, 7) is 6.45. The highest BCUT2D eigenvalue weighted by molar-refractivity contribution is 7.80. The molecule has 0 saturated carbocycles. The van der Waals surface area contributed by atoms with Crippen molar-refractivity contribution in [2.24, 2.45) is 0 Å². The molecule has 1 rings (SSSR count). The Balaban J connectivity index is 2.57. The first-order chi connectivity index (χ1) is 7.26. The SMILES string of the molecule is CC(C)(C)OC(=O)N1CCCC(O)(CS)C1. The predicted octanol–water partition coefficient (Wildman–Crippen LogP) is 1.68. The van der Waals surface area contributed by atoms with E-state index in [1.165, 1.54) is 0 Å². The number of aliphatic hydroxyl groups is 1. The van der Waals surface area contributed by atoms with Crippen molar-refractivity contribution in [1.29, 1.82) is 0 Å². The second kappa shape index (κ2) is 4.84. The second-order valence-corrected chi connectivity index (χ2v) is 5.70. The molecule has 1 amide bonds. The lowest BCUT2D eigenvalue weighted by molar-refractivity contribution is -0.0300. The molecule has 1 fully saturated rings. The molecule has 0 aromatic heterocycles. The van der Waals surface area contributed by atoms with Gasteiger partial charge in [-0.05, 0) is 33.6 Å². The summed E-state index contributed by atoms with van der Waals surface area (Å²) in [7, 11) is 0. The average molecular weight is 247 g/mol. The third kappa shape index (κ3) is 3.87.